The van der Waals surface area contributed by atoms with E-state index in [2.05, 4.69) is 0 Å². The van der Waals surface area contributed by atoms with Crippen LogP contribution in [0.5, 0.6) is 0 Å². The number of rotatable bonds is 3. The van der Waals surface area contributed by atoms with Crippen molar-refractivity contribution in [1.29, 1.82) is 0 Å². The third-order valence-electron chi connectivity index (χ3n) is 3.01. The number of benzene rings is 1. The molecule has 2 nitrogen and oxygen atoms in total. The Hall–Kier alpha value is -1.64. The highest BCUT2D eigenvalue weighted by atomic mass is 19.4. The van der Waals surface area contributed by atoms with Crippen LogP contribution in [0, 0.1) is 11.7 Å². The summed E-state index contributed by atoms with van der Waals surface area (Å²) in [4.78, 5) is 11.7. The van der Waals surface area contributed by atoms with E-state index in [1.807, 2.05) is 0 Å². The predicted octanol–water partition coefficient (Wildman–Crippen LogP) is 3.50. The zero-order chi connectivity index (χ0) is 16.6. The van der Waals surface area contributed by atoms with Gasteiger partial charge < -0.3 is 5.11 Å². The minimum atomic E-state index is -6.10. The van der Waals surface area contributed by atoms with Crippen molar-refractivity contribution in [3.63, 3.8) is 0 Å². The summed E-state index contributed by atoms with van der Waals surface area (Å²) in [6.07, 6.45) is -12.2. The Labute approximate surface area is 114 Å². The Morgan fingerprint density at radius 1 is 1.00 bits per heavy atom. The van der Waals surface area contributed by atoms with Crippen LogP contribution in [0.15, 0.2) is 24.3 Å². The molecule has 118 valence electrons. The molecule has 1 N–H and O–H groups in total. The fourth-order valence-corrected chi connectivity index (χ4v) is 1.71. The molecule has 0 amide bonds. The van der Waals surface area contributed by atoms with Crippen LogP contribution in [0.25, 0.3) is 0 Å². The Kier molecular flexibility index (Phi) is 4.38. The van der Waals surface area contributed by atoms with Gasteiger partial charge in [0.2, 0.25) is 0 Å². The molecule has 0 bridgehead atoms. The normalized spacial score (nSPS) is 14.9. The van der Waals surface area contributed by atoms with E-state index in [9.17, 15) is 35.5 Å². The van der Waals surface area contributed by atoms with Gasteiger partial charge in [-0.1, -0.05) is 6.92 Å². The molecule has 21 heavy (non-hydrogen) atoms. The molecule has 1 aromatic carbocycles. The topological polar surface area (TPSA) is 37.3 Å². The second-order valence-corrected chi connectivity index (χ2v) is 4.35. The van der Waals surface area contributed by atoms with E-state index < -0.39 is 41.0 Å². The standard InChI is InChI=1S/C12H9F7O2/c1-6(9(20)7-2-4-8(13)5-3-7)10(21,11(14,15)16)12(17,18)19/h2-6,21H,1H3/t6-/m1/s1. The molecule has 0 spiro atoms. The summed E-state index contributed by atoms with van der Waals surface area (Å²) in [6.45, 7) is 0.312. The number of Topliss-reactive ketones (excluding diaryl/α,β-unsaturated/α-hetero) is 1. The minimum Gasteiger partial charge on any atom is -0.373 e. The van der Waals surface area contributed by atoms with E-state index >= 15 is 0 Å². The average molecular weight is 318 g/mol. The third-order valence-corrected chi connectivity index (χ3v) is 3.01. The quantitative estimate of drug-likeness (QED) is 0.684. The van der Waals surface area contributed by atoms with Crippen LogP contribution < -0.4 is 0 Å². The number of hydrogen-bond donors (Lipinski definition) is 1. The summed E-state index contributed by atoms with van der Waals surface area (Å²) in [5, 5.41) is 9.09. The molecule has 0 heterocycles. The Bertz CT molecular complexity index is 502. The van der Waals surface area contributed by atoms with Gasteiger partial charge >= 0.3 is 12.4 Å². The maximum Gasteiger partial charge on any atom is 0.427 e. The number of hydrogen-bond acceptors (Lipinski definition) is 2. The van der Waals surface area contributed by atoms with Crippen molar-refractivity contribution in [2.75, 3.05) is 0 Å². The molecule has 0 unspecified atom stereocenters. The molecule has 0 saturated carbocycles. The number of aliphatic hydroxyl groups is 1. The van der Waals surface area contributed by atoms with Crippen LogP contribution in [-0.4, -0.2) is 28.8 Å². The van der Waals surface area contributed by atoms with Crippen molar-refractivity contribution in [3.8, 4) is 0 Å². The highest BCUT2D eigenvalue weighted by Crippen LogP contribution is 2.48. The number of carbonyl (C=O) groups excluding carboxylic acids is 1. The second-order valence-electron chi connectivity index (χ2n) is 4.35. The van der Waals surface area contributed by atoms with E-state index in [1.165, 1.54) is 0 Å². The van der Waals surface area contributed by atoms with Gasteiger partial charge in [-0.15, -0.1) is 0 Å². The second kappa shape index (κ2) is 5.28. The van der Waals surface area contributed by atoms with Crippen molar-refractivity contribution in [3.05, 3.63) is 35.6 Å². The molecule has 0 aliphatic heterocycles. The van der Waals surface area contributed by atoms with Gasteiger partial charge in [-0.2, -0.15) is 26.3 Å². The van der Waals surface area contributed by atoms with Crippen LogP contribution in [0.2, 0.25) is 0 Å². The molecule has 1 rings (SSSR count). The SMILES string of the molecule is C[C@H](C(=O)c1ccc(F)cc1)C(O)(C(F)(F)F)C(F)(F)F. The highest BCUT2D eigenvalue weighted by Gasteiger charge is 2.74. The van der Waals surface area contributed by atoms with Crippen LogP contribution >= 0.6 is 0 Å². The fraction of sp³-hybridized carbons (Fsp3) is 0.417. The van der Waals surface area contributed by atoms with Crippen molar-refractivity contribution in [1.82, 2.24) is 0 Å². The van der Waals surface area contributed by atoms with Crippen LogP contribution in [-0.2, 0) is 0 Å². The van der Waals surface area contributed by atoms with Crippen LogP contribution in [0.3, 0.4) is 0 Å². The monoisotopic (exact) mass is 318 g/mol. The molecule has 9 heteroatoms. The first-order valence-electron chi connectivity index (χ1n) is 5.48. The molecule has 0 radical (unpaired) electrons. The number of alkyl halides is 6. The third kappa shape index (κ3) is 3.02. The molecular formula is C12H9F7O2. The lowest BCUT2D eigenvalue weighted by Crippen LogP contribution is -2.62. The Morgan fingerprint density at radius 3 is 1.71 bits per heavy atom. The highest BCUT2D eigenvalue weighted by molar-refractivity contribution is 5.98. The van der Waals surface area contributed by atoms with E-state index in [4.69, 9.17) is 5.11 Å². The van der Waals surface area contributed by atoms with E-state index in [0.29, 0.717) is 19.1 Å². The van der Waals surface area contributed by atoms with Crippen LogP contribution in [0.4, 0.5) is 30.7 Å². The van der Waals surface area contributed by atoms with Gasteiger partial charge in [0.1, 0.15) is 5.82 Å². The van der Waals surface area contributed by atoms with Gasteiger partial charge in [0.25, 0.3) is 5.60 Å². The molecule has 0 aliphatic rings. The first kappa shape index (κ1) is 17.4. The average Bonchev–Trinajstić information content (AvgIpc) is 2.34. The molecule has 1 atom stereocenters. The molecule has 1 aromatic rings. The summed E-state index contributed by atoms with van der Waals surface area (Å²) in [6, 6.07) is 2.89. The molecule has 0 fully saturated rings. The zero-order valence-corrected chi connectivity index (χ0v) is 10.4. The zero-order valence-electron chi connectivity index (χ0n) is 10.4. The van der Waals surface area contributed by atoms with Crippen molar-refractivity contribution >= 4 is 5.78 Å². The van der Waals surface area contributed by atoms with Gasteiger partial charge in [-0.05, 0) is 24.3 Å². The number of ketones is 1. The summed E-state index contributed by atoms with van der Waals surface area (Å²) in [5.74, 6) is -5.27. The van der Waals surface area contributed by atoms with E-state index in [0.717, 1.165) is 12.1 Å². The summed E-state index contributed by atoms with van der Waals surface area (Å²) in [5.41, 5.74) is -5.76. The van der Waals surface area contributed by atoms with Crippen LogP contribution in [0.1, 0.15) is 17.3 Å². The molecule has 0 saturated heterocycles. The van der Waals surface area contributed by atoms with Crippen molar-refractivity contribution in [2.45, 2.75) is 24.9 Å². The number of halogens is 7. The molecule has 0 aromatic heterocycles. The Morgan fingerprint density at radius 2 is 1.38 bits per heavy atom. The van der Waals surface area contributed by atoms with Gasteiger partial charge in [0.05, 0.1) is 5.92 Å². The largest absolute Gasteiger partial charge is 0.427 e. The lowest BCUT2D eigenvalue weighted by Gasteiger charge is -2.36. The molecular weight excluding hydrogens is 309 g/mol. The lowest BCUT2D eigenvalue weighted by molar-refractivity contribution is -0.377. The van der Waals surface area contributed by atoms with Crippen molar-refractivity contribution < 1.29 is 40.6 Å². The predicted molar refractivity (Wildman–Crippen MR) is 57.0 cm³/mol. The summed E-state index contributed by atoms with van der Waals surface area (Å²) < 4.78 is 88.3. The summed E-state index contributed by atoms with van der Waals surface area (Å²) in [7, 11) is 0. The fourth-order valence-electron chi connectivity index (χ4n) is 1.71. The maximum absolute atomic E-state index is 12.6. The maximum atomic E-state index is 12.6. The van der Waals surface area contributed by atoms with Crippen molar-refractivity contribution in [2.24, 2.45) is 5.92 Å². The van der Waals surface area contributed by atoms with Gasteiger partial charge in [-0.3, -0.25) is 4.79 Å². The Balaban J connectivity index is 3.27. The summed E-state index contributed by atoms with van der Waals surface area (Å²) >= 11 is 0. The molecule has 0 aliphatic carbocycles. The first-order chi connectivity index (χ1) is 9.32. The minimum absolute atomic E-state index is 0.312. The number of carbonyl (C=O) groups is 1. The van der Waals surface area contributed by atoms with Gasteiger partial charge in [-0.25, -0.2) is 4.39 Å². The van der Waals surface area contributed by atoms with Gasteiger partial charge in [0, 0.05) is 5.56 Å². The van der Waals surface area contributed by atoms with E-state index in [-0.39, 0.29) is 0 Å². The van der Waals surface area contributed by atoms with E-state index in [1.54, 1.807) is 0 Å². The first-order valence-corrected chi connectivity index (χ1v) is 5.48. The lowest BCUT2D eigenvalue weighted by atomic mass is 9.82. The smallest absolute Gasteiger partial charge is 0.373 e. The van der Waals surface area contributed by atoms with Gasteiger partial charge in [0.15, 0.2) is 5.78 Å².